The second kappa shape index (κ2) is 12.7. The van der Waals surface area contributed by atoms with Crippen molar-refractivity contribution in [2.75, 3.05) is 4.90 Å². The van der Waals surface area contributed by atoms with Crippen molar-refractivity contribution in [1.82, 2.24) is 9.97 Å². The summed E-state index contributed by atoms with van der Waals surface area (Å²) >= 11 is 0. The molecule has 0 amide bonds. The quantitative estimate of drug-likeness (QED) is 0.179. The van der Waals surface area contributed by atoms with Crippen LogP contribution in [0, 0.1) is 6.92 Å². The topological polar surface area (TPSA) is 29.0 Å². The van der Waals surface area contributed by atoms with Crippen molar-refractivity contribution in [3.8, 4) is 33.9 Å². The van der Waals surface area contributed by atoms with Crippen molar-refractivity contribution in [2.45, 2.75) is 12.3 Å². The van der Waals surface area contributed by atoms with Crippen LogP contribution in [-0.4, -0.2) is 9.97 Å². The van der Waals surface area contributed by atoms with Crippen LogP contribution in [0.2, 0.25) is 0 Å². The molecule has 0 saturated carbocycles. The molecule has 8 aromatic rings. The maximum absolute atomic E-state index is 5.17. The van der Waals surface area contributed by atoms with E-state index in [0.29, 0.717) is 0 Å². The third-order valence-electron chi connectivity index (χ3n) is 10.1. The first-order chi connectivity index (χ1) is 25.2. The molecule has 2 heterocycles. The largest absolute Gasteiger partial charge is 0.310 e. The third-order valence-corrected chi connectivity index (χ3v) is 10.1. The fourth-order valence-electron chi connectivity index (χ4n) is 7.85. The molecule has 0 unspecified atom stereocenters. The molecule has 9 rings (SSSR count). The summed E-state index contributed by atoms with van der Waals surface area (Å²) < 4.78 is 0. The van der Waals surface area contributed by atoms with Crippen LogP contribution in [0.3, 0.4) is 0 Å². The minimum Gasteiger partial charge on any atom is -0.310 e. The summed E-state index contributed by atoms with van der Waals surface area (Å²) in [6.07, 6.45) is 0. The van der Waals surface area contributed by atoms with E-state index in [1.165, 1.54) is 22.3 Å². The van der Waals surface area contributed by atoms with Crippen molar-refractivity contribution < 1.29 is 0 Å². The van der Waals surface area contributed by atoms with Crippen molar-refractivity contribution in [3.05, 3.63) is 222 Å². The zero-order valence-electron chi connectivity index (χ0n) is 28.3. The van der Waals surface area contributed by atoms with Crippen LogP contribution in [0.1, 0.15) is 27.8 Å². The first kappa shape index (κ1) is 30.5. The van der Waals surface area contributed by atoms with Gasteiger partial charge in [0.2, 0.25) is 0 Å². The molecule has 1 aromatic heterocycles. The molecule has 7 aromatic carbocycles. The molecule has 0 saturated heterocycles. The van der Waals surface area contributed by atoms with Gasteiger partial charge in [0.15, 0.2) is 5.82 Å². The molecule has 0 fully saturated rings. The van der Waals surface area contributed by atoms with Crippen LogP contribution < -0.4 is 4.90 Å². The first-order valence-electron chi connectivity index (χ1n) is 17.4. The second-order valence-electron chi connectivity index (χ2n) is 13.0. The summed E-state index contributed by atoms with van der Waals surface area (Å²) in [6.45, 7) is 2.13. The van der Waals surface area contributed by atoms with Crippen LogP contribution in [0.25, 0.3) is 33.9 Å². The van der Waals surface area contributed by atoms with Crippen LogP contribution in [-0.2, 0) is 5.41 Å². The average Bonchev–Trinajstić information content (AvgIpc) is 3.21. The van der Waals surface area contributed by atoms with Gasteiger partial charge in [-0.25, -0.2) is 9.97 Å². The lowest BCUT2D eigenvalue weighted by Crippen LogP contribution is -2.37. The third kappa shape index (κ3) is 5.05. The van der Waals surface area contributed by atoms with Crippen LogP contribution in [0.5, 0.6) is 0 Å². The number of hydrogen-bond acceptors (Lipinski definition) is 3. The predicted octanol–water partition coefficient (Wildman–Crippen LogP) is 12.0. The molecule has 242 valence electrons. The molecule has 3 nitrogen and oxygen atoms in total. The van der Waals surface area contributed by atoms with Gasteiger partial charge in [0, 0.05) is 27.9 Å². The summed E-state index contributed by atoms with van der Waals surface area (Å²) in [4.78, 5) is 12.7. The Morgan fingerprint density at radius 2 is 0.784 bits per heavy atom. The van der Waals surface area contributed by atoms with Crippen LogP contribution >= 0.6 is 0 Å². The van der Waals surface area contributed by atoms with Gasteiger partial charge in [0.1, 0.15) is 0 Å². The molecule has 0 radical (unpaired) electrons. The molecule has 1 aliphatic heterocycles. The SMILES string of the molecule is Cc1c(-c2ccccc2)nc(-c2ccccc2)nc1-c1ccc(N2c3ccccc3C(c3ccccc3)(c3ccccc3)c3ccccc32)cc1. The number of hydrogen-bond donors (Lipinski definition) is 0. The maximum Gasteiger partial charge on any atom is 0.160 e. The number of benzene rings is 7. The Hall–Kier alpha value is -6.58. The van der Waals surface area contributed by atoms with Crippen molar-refractivity contribution >= 4 is 17.1 Å². The summed E-state index contributed by atoms with van der Waals surface area (Å²) in [5, 5.41) is 0. The highest BCUT2D eigenvalue weighted by molar-refractivity contribution is 5.90. The first-order valence-corrected chi connectivity index (χ1v) is 17.4. The van der Waals surface area contributed by atoms with E-state index in [1.54, 1.807) is 0 Å². The van der Waals surface area contributed by atoms with Gasteiger partial charge < -0.3 is 4.90 Å². The molecule has 0 aliphatic carbocycles. The summed E-state index contributed by atoms with van der Waals surface area (Å²) in [5.74, 6) is 0.719. The van der Waals surface area contributed by atoms with Gasteiger partial charge in [-0.3, -0.25) is 0 Å². The van der Waals surface area contributed by atoms with E-state index in [9.17, 15) is 0 Å². The van der Waals surface area contributed by atoms with Gasteiger partial charge in [0.05, 0.1) is 28.2 Å². The average molecular weight is 654 g/mol. The van der Waals surface area contributed by atoms with Crippen molar-refractivity contribution in [2.24, 2.45) is 0 Å². The molecule has 3 heteroatoms. The highest BCUT2D eigenvalue weighted by Gasteiger charge is 2.46. The molecule has 51 heavy (non-hydrogen) atoms. The Kier molecular flexibility index (Phi) is 7.59. The molecule has 0 spiro atoms. The van der Waals surface area contributed by atoms with E-state index < -0.39 is 5.41 Å². The molecule has 1 aliphatic rings. The number of anilines is 3. The van der Waals surface area contributed by atoms with E-state index in [4.69, 9.17) is 9.97 Å². The predicted molar refractivity (Wildman–Crippen MR) is 210 cm³/mol. The lowest BCUT2D eigenvalue weighted by atomic mass is 9.62. The van der Waals surface area contributed by atoms with E-state index in [-0.39, 0.29) is 0 Å². The van der Waals surface area contributed by atoms with Gasteiger partial charge >= 0.3 is 0 Å². The van der Waals surface area contributed by atoms with E-state index >= 15 is 0 Å². The Morgan fingerprint density at radius 1 is 0.392 bits per heavy atom. The Balaban J connectivity index is 1.22. The van der Waals surface area contributed by atoms with Crippen molar-refractivity contribution in [3.63, 3.8) is 0 Å². The summed E-state index contributed by atoms with van der Waals surface area (Å²) in [5.41, 5.74) is 14.0. The molecular weight excluding hydrogens is 619 g/mol. The maximum atomic E-state index is 5.17. The Morgan fingerprint density at radius 3 is 1.27 bits per heavy atom. The van der Waals surface area contributed by atoms with Crippen molar-refractivity contribution in [1.29, 1.82) is 0 Å². The zero-order valence-corrected chi connectivity index (χ0v) is 28.3. The fraction of sp³-hybridized carbons (Fsp3) is 0.0417. The summed E-state index contributed by atoms with van der Waals surface area (Å²) in [7, 11) is 0. The van der Waals surface area contributed by atoms with E-state index in [2.05, 4.69) is 182 Å². The minimum absolute atomic E-state index is 0.494. The van der Waals surface area contributed by atoms with E-state index in [0.717, 1.165) is 56.5 Å². The highest BCUT2D eigenvalue weighted by atomic mass is 15.2. The standard InChI is InChI=1S/C48H35N3/c1-34-45(35-18-6-2-7-19-35)49-47(37-20-8-3-9-21-37)50-46(34)36-30-32-40(33-31-36)51-43-28-16-14-26-41(43)48(38-22-10-4-11-23-38,39-24-12-5-13-25-39)42-27-15-17-29-44(42)51/h2-33H,1H3. The van der Waals surface area contributed by atoms with Gasteiger partial charge in [-0.05, 0) is 53.4 Å². The molecule has 0 bridgehead atoms. The monoisotopic (exact) mass is 653 g/mol. The van der Waals surface area contributed by atoms with Crippen LogP contribution in [0.15, 0.2) is 194 Å². The number of nitrogens with zero attached hydrogens (tertiary/aromatic N) is 3. The van der Waals surface area contributed by atoms with Gasteiger partial charge in [-0.1, -0.05) is 170 Å². The second-order valence-corrected chi connectivity index (χ2v) is 13.0. The van der Waals surface area contributed by atoms with Gasteiger partial charge in [-0.15, -0.1) is 0 Å². The number of rotatable bonds is 6. The van der Waals surface area contributed by atoms with Crippen LogP contribution in [0.4, 0.5) is 17.1 Å². The fourth-order valence-corrected chi connectivity index (χ4v) is 7.85. The van der Waals surface area contributed by atoms with Gasteiger partial charge in [-0.2, -0.15) is 0 Å². The number of aromatic nitrogens is 2. The Labute approximate surface area is 299 Å². The van der Waals surface area contributed by atoms with Gasteiger partial charge in [0.25, 0.3) is 0 Å². The Bertz CT molecular complexity index is 2370. The molecular formula is C48H35N3. The normalized spacial score (nSPS) is 12.9. The summed E-state index contributed by atoms with van der Waals surface area (Å²) in [6, 6.07) is 69.1. The molecule has 0 N–H and O–H groups in total. The smallest absolute Gasteiger partial charge is 0.160 e. The zero-order chi connectivity index (χ0) is 34.2. The molecule has 0 atom stereocenters. The number of para-hydroxylation sites is 2. The minimum atomic E-state index is -0.494. The van der Waals surface area contributed by atoms with E-state index in [1.807, 2.05) is 24.3 Å². The lowest BCUT2D eigenvalue weighted by Gasteiger charge is -2.46. The highest BCUT2D eigenvalue weighted by Crippen LogP contribution is 2.57. The lowest BCUT2D eigenvalue weighted by molar-refractivity contribution is 0.731. The number of fused-ring (bicyclic) bond motifs is 2.